The van der Waals surface area contributed by atoms with Crippen LogP contribution in [0.1, 0.15) is 5.56 Å². The van der Waals surface area contributed by atoms with Crippen molar-refractivity contribution in [3.05, 3.63) is 22.4 Å². The van der Waals surface area contributed by atoms with Gasteiger partial charge in [0.1, 0.15) is 0 Å². The summed E-state index contributed by atoms with van der Waals surface area (Å²) in [5, 5.41) is 7.78. The first-order chi connectivity index (χ1) is 7.45. The number of nitrogens with zero attached hydrogens (tertiary/aromatic N) is 1. The molecule has 0 aliphatic carbocycles. The fraction of sp³-hybridized carbons (Fsp3) is 0.636. The van der Waals surface area contributed by atoms with Crippen molar-refractivity contribution in [1.29, 1.82) is 0 Å². The molecule has 0 bridgehead atoms. The van der Waals surface area contributed by atoms with Gasteiger partial charge in [0.05, 0.1) is 13.2 Å². The van der Waals surface area contributed by atoms with Gasteiger partial charge in [0.25, 0.3) is 0 Å². The minimum absolute atomic E-state index is 0.893. The molecule has 1 aromatic heterocycles. The van der Waals surface area contributed by atoms with Gasteiger partial charge in [-0.25, -0.2) is 0 Å². The largest absolute Gasteiger partial charge is 0.379 e. The van der Waals surface area contributed by atoms with Gasteiger partial charge in [0, 0.05) is 32.7 Å². The average molecular weight is 226 g/mol. The standard InChI is InChI=1S/C11H18N2OS/c1-8-15-10-11(1)9-12-2-3-13-4-6-14-7-5-13/h1,8,10,12H,2-7,9H2. The maximum absolute atomic E-state index is 5.30. The quantitative estimate of drug-likeness (QED) is 0.763. The molecule has 1 aromatic rings. The summed E-state index contributed by atoms with van der Waals surface area (Å²) in [6.45, 7) is 7.15. The second-order valence-electron chi connectivity index (χ2n) is 3.76. The van der Waals surface area contributed by atoms with Crippen molar-refractivity contribution in [3.8, 4) is 0 Å². The summed E-state index contributed by atoms with van der Waals surface area (Å²) in [6, 6.07) is 2.17. The van der Waals surface area contributed by atoms with Crippen molar-refractivity contribution >= 4 is 11.3 Å². The van der Waals surface area contributed by atoms with E-state index in [1.165, 1.54) is 5.56 Å². The number of morpholine rings is 1. The predicted molar refractivity (Wildman–Crippen MR) is 63.3 cm³/mol. The number of thiophene rings is 1. The van der Waals surface area contributed by atoms with Crippen molar-refractivity contribution < 1.29 is 4.74 Å². The number of ether oxygens (including phenoxy) is 1. The Morgan fingerprint density at radius 2 is 2.27 bits per heavy atom. The van der Waals surface area contributed by atoms with Gasteiger partial charge in [0.2, 0.25) is 0 Å². The van der Waals surface area contributed by atoms with Crippen LogP contribution in [-0.2, 0) is 11.3 Å². The molecular weight excluding hydrogens is 208 g/mol. The molecule has 15 heavy (non-hydrogen) atoms. The highest BCUT2D eigenvalue weighted by atomic mass is 32.1. The molecular formula is C11H18N2OS. The minimum atomic E-state index is 0.893. The van der Waals surface area contributed by atoms with Gasteiger partial charge < -0.3 is 10.1 Å². The van der Waals surface area contributed by atoms with E-state index in [2.05, 4.69) is 27.0 Å². The SMILES string of the molecule is c1cc(CNCCN2CCOCC2)cs1. The third-order valence-corrected chi connectivity index (χ3v) is 3.35. The fourth-order valence-electron chi connectivity index (χ4n) is 1.69. The van der Waals surface area contributed by atoms with Crippen molar-refractivity contribution in [1.82, 2.24) is 10.2 Å². The Labute approximate surface area is 95.0 Å². The van der Waals surface area contributed by atoms with E-state index in [1.807, 2.05) is 0 Å². The number of hydrogen-bond donors (Lipinski definition) is 1. The lowest BCUT2D eigenvalue weighted by molar-refractivity contribution is 0.0384. The molecule has 1 fully saturated rings. The summed E-state index contributed by atoms with van der Waals surface area (Å²) in [6.07, 6.45) is 0. The van der Waals surface area contributed by atoms with E-state index in [1.54, 1.807) is 11.3 Å². The highest BCUT2D eigenvalue weighted by Gasteiger charge is 2.08. The lowest BCUT2D eigenvalue weighted by atomic mass is 10.3. The molecule has 4 heteroatoms. The van der Waals surface area contributed by atoms with Crippen LogP contribution in [0.15, 0.2) is 16.8 Å². The highest BCUT2D eigenvalue weighted by molar-refractivity contribution is 7.07. The molecule has 0 saturated carbocycles. The number of rotatable bonds is 5. The van der Waals surface area contributed by atoms with E-state index in [0.29, 0.717) is 0 Å². The molecule has 3 nitrogen and oxygen atoms in total. The van der Waals surface area contributed by atoms with Gasteiger partial charge in [-0.05, 0) is 22.4 Å². The van der Waals surface area contributed by atoms with Crippen LogP contribution in [-0.4, -0.2) is 44.3 Å². The smallest absolute Gasteiger partial charge is 0.0594 e. The molecule has 0 radical (unpaired) electrons. The Morgan fingerprint density at radius 3 is 3.00 bits per heavy atom. The van der Waals surface area contributed by atoms with E-state index in [9.17, 15) is 0 Å². The Balaban J connectivity index is 1.54. The van der Waals surface area contributed by atoms with Crippen LogP contribution in [0.25, 0.3) is 0 Å². The zero-order valence-electron chi connectivity index (χ0n) is 8.95. The van der Waals surface area contributed by atoms with Gasteiger partial charge in [-0.2, -0.15) is 11.3 Å². The maximum atomic E-state index is 5.30. The van der Waals surface area contributed by atoms with Gasteiger partial charge in [0.15, 0.2) is 0 Å². The van der Waals surface area contributed by atoms with Crippen molar-refractivity contribution in [2.75, 3.05) is 39.4 Å². The Morgan fingerprint density at radius 1 is 1.40 bits per heavy atom. The topological polar surface area (TPSA) is 24.5 Å². The average Bonchev–Trinajstić information content (AvgIpc) is 2.79. The maximum Gasteiger partial charge on any atom is 0.0594 e. The van der Waals surface area contributed by atoms with Crippen LogP contribution in [0, 0.1) is 0 Å². The van der Waals surface area contributed by atoms with Gasteiger partial charge >= 0.3 is 0 Å². The Kier molecular flexibility index (Phi) is 4.60. The molecule has 2 heterocycles. The second kappa shape index (κ2) is 6.23. The minimum Gasteiger partial charge on any atom is -0.379 e. The van der Waals surface area contributed by atoms with Crippen LogP contribution in [0.5, 0.6) is 0 Å². The Bertz CT molecular complexity index is 258. The predicted octanol–water partition coefficient (Wildman–Crippen LogP) is 1.17. The molecule has 0 amide bonds. The lowest BCUT2D eigenvalue weighted by Crippen LogP contribution is -2.40. The third-order valence-electron chi connectivity index (χ3n) is 2.62. The molecule has 1 N–H and O–H groups in total. The van der Waals surface area contributed by atoms with Gasteiger partial charge in [-0.3, -0.25) is 4.90 Å². The molecule has 0 spiro atoms. The van der Waals surface area contributed by atoms with Crippen molar-refractivity contribution in [3.63, 3.8) is 0 Å². The summed E-state index contributed by atoms with van der Waals surface area (Å²) in [4.78, 5) is 2.45. The highest BCUT2D eigenvalue weighted by Crippen LogP contribution is 2.04. The first kappa shape index (κ1) is 11.1. The van der Waals surface area contributed by atoms with Crippen molar-refractivity contribution in [2.45, 2.75) is 6.54 Å². The van der Waals surface area contributed by atoms with Crippen LogP contribution in [0.3, 0.4) is 0 Å². The van der Waals surface area contributed by atoms with E-state index in [4.69, 9.17) is 4.74 Å². The molecule has 1 saturated heterocycles. The van der Waals surface area contributed by atoms with Crippen LogP contribution in [0.2, 0.25) is 0 Å². The number of hydrogen-bond acceptors (Lipinski definition) is 4. The molecule has 2 rings (SSSR count). The van der Waals surface area contributed by atoms with Gasteiger partial charge in [-0.15, -0.1) is 0 Å². The van der Waals surface area contributed by atoms with Crippen LogP contribution < -0.4 is 5.32 Å². The zero-order valence-corrected chi connectivity index (χ0v) is 9.76. The van der Waals surface area contributed by atoms with E-state index in [0.717, 1.165) is 45.9 Å². The summed E-state index contributed by atoms with van der Waals surface area (Å²) in [5.41, 5.74) is 1.39. The molecule has 0 unspecified atom stereocenters. The van der Waals surface area contributed by atoms with E-state index < -0.39 is 0 Å². The summed E-state index contributed by atoms with van der Waals surface area (Å²) in [5.74, 6) is 0. The zero-order chi connectivity index (χ0) is 10.3. The normalized spacial score (nSPS) is 18.1. The first-order valence-corrected chi connectivity index (χ1v) is 6.41. The second-order valence-corrected chi connectivity index (χ2v) is 4.54. The molecule has 1 aliphatic rings. The summed E-state index contributed by atoms with van der Waals surface area (Å²) in [7, 11) is 0. The molecule has 84 valence electrons. The lowest BCUT2D eigenvalue weighted by Gasteiger charge is -2.26. The van der Waals surface area contributed by atoms with Crippen molar-refractivity contribution in [2.24, 2.45) is 0 Å². The monoisotopic (exact) mass is 226 g/mol. The van der Waals surface area contributed by atoms with Crippen LogP contribution >= 0.6 is 11.3 Å². The molecule has 0 atom stereocenters. The number of nitrogens with one attached hydrogen (secondary N) is 1. The van der Waals surface area contributed by atoms with Gasteiger partial charge in [-0.1, -0.05) is 0 Å². The summed E-state index contributed by atoms with van der Waals surface area (Å²) < 4.78 is 5.30. The third kappa shape index (κ3) is 3.91. The molecule has 0 aromatic carbocycles. The van der Waals surface area contributed by atoms with E-state index >= 15 is 0 Å². The van der Waals surface area contributed by atoms with Crippen LogP contribution in [0.4, 0.5) is 0 Å². The first-order valence-electron chi connectivity index (χ1n) is 5.47. The van der Waals surface area contributed by atoms with E-state index in [-0.39, 0.29) is 0 Å². The Hall–Kier alpha value is -0.420. The summed E-state index contributed by atoms with van der Waals surface area (Å²) >= 11 is 1.76. The fourth-order valence-corrected chi connectivity index (χ4v) is 2.36. The molecule has 1 aliphatic heterocycles.